The summed E-state index contributed by atoms with van der Waals surface area (Å²) in [5, 5.41) is 2.93. The van der Waals surface area contributed by atoms with Crippen molar-refractivity contribution in [3.8, 4) is 5.75 Å². The largest absolute Gasteiger partial charge is 0.495 e. The van der Waals surface area contributed by atoms with Crippen molar-refractivity contribution in [1.82, 2.24) is 9.62 Å². The predicted molar refractivity (Wildman–Crippen MR) is 115 cm³/mol. The molecule has 1 fully saturated rings. The van der Waals surface area contributed by atoms with Crippen LogP contribution in [0.5, 0.6) is 5.75 Å². The lowest BCUT2D eigenvalue weighted by molar-refractivity contribution is 0.0729. The minimum absolute atomic E-state index is 0.0600. The lowest BCUT2D eigenvalue weighted by atomic mass is 10.0. The number of hydrogen-bond donors (Lipinski definition) is 1. The van der Waals surface area contributed by atoms with E-state index in [1.165, 1.54) is 41.7 Å². The summed E-state index contributed by atoms with van der Waals surface area (Å²) in [5.41, 5.74) is 0.933. The summed E-state index contributed by atoms with van der Waals surface area (Å²) in [4.78, 5) is 13.9. The summed E-state index contributed by atoms with van der Waals surface area (Å²) in [6.07, 6.45) is 0.655. The van der Waals surface area contributed by atoms with Gasteiger partial charge in [-0.3, -0.25) is 4.79 Å². The number of carbonyl (C=O) groups is 1. The van der Waals surface area contributed by atoms with Crippen molar-refractivity contribution < 1.29 is 27.1 Å². The molecule has 2 aromatic rings. The van der Waals surface area contributed by atoms with E-state index < -0.39 is 15.9 Å². The van der Waals surface area contributed by atoms with Crippen LogP contribution in [0.1, 0.15) is 28.4 Å². The molecule has 2 aromatic carbocycles. The maximum absolute atomic E-state index is 13.8. The number of amides is 1. The fraction of sp³-hybridized carbons (Fsp3) is 0.381. The predicted octanol–water partition coefficient (Wildman–Crippen LogP) is 2.82. The second-order valence-electron chi connectivity index (χ2n) is 7.23. The maximum Gasteiger partial charge on any atom is 0.251 e. The van der Waals surface area contributed by atoms with Crippen LogP contribution >= 0.6 is 11.8 Å². The highest BCUT2D eigenvalue weighted by Gasteiger charge is 2.31. The number of sulfonamides is 1. The molecule has 1 amide bonds. The van der Waals surface area contributed by atoms with E-state index >= 15 is 0 Å². The number of halogens is 1. The number of ether oxygens (including phenoxy) is 2. The monoisotopic (exact) mass is 466 g/mol. The van der Waals surface area contributed by atoms with Crippen LogP contribution in [0.4, 0.5) is 4.39 Å². The van der Waals surface area contributed by atoms with E-state index in [2.05, 4.69) is 5.32 Å². The Morgan fingerprint density at radius 1 is 1.23 bits per heavy atom. The van der Waals surface area contributed by atoms with Gasteiger partial charge in [-0.15, -0.1) is 11.8 Å². The van der Waals surface area contributed by atoms with Crippen LogP contribution in [0.25, 0.3) is 0 Å². The highest BCUT2D eigenvalue weighted by molar-refractivity contribution is 7.99. The molecule has 4 rings (SSSR count). The van der Waals surface area contributed by atoms with E-state index in [-0.39, 0.29) is 41.2 Å². The first-order valence-corrected chi connectivity index (χ1v) is 12.3. The van der Waals surface area contributed by atoms with Gasteiger partial charge in [0.25, 0.3) is 5.91 Å². The zero-order valence-electron chi connectivity index (χ0n) is 17.0. The van der Waals surface area contributed by atoms with Gasteiger partial charge in [-0.05, 0) is 48.4 Å². The molecular weight excluding hydrogens is 443 g/mol. The van der Waals surface area contributed by atoms with Crippen LogP contribution in [0.3, 0.4) is 0 Å². The molecule has 166 valence electrons. The third-order valence-electron chi connectivity index (χ3n) is 5.33. The molecule has 1 saturated heterocycles. The number of nitrogens with one attached hydrogen (secondary N) is 1. The number of benzene rings is 2. The van der Waals surface area contributed by atoms with E-state index in [0.717, 1.165) is 16.2 Å². The standard InChI is InChI=1S/C21H23FN2O5S2/c1-28-18-4-2-14(12-20(18)31(26,27)24-7-9-29-10-8-24)21(25)23-17-6-11-30-19-5-3-15(22)13-16(17)19/h2-5,12-13,17H,6-11H2,1H3,(H,23,25)/t17-/m0/s1. The molecule has 31 heavy (non-hydrogen) atoms. The van der Waals surface area contributed by atoms with Crippen molar-refractivity contribution in [2.45, 2.75) is 22.3 Å². The van der Waals surface area contributed by atoms with Crippen LogP contribution in [-0.2, 0) is 14.8 Å². The van der Waals surface area contributed by atoms with Crippen LogP contribution in [-0.4, -0.2) is 57.8 Å². The Morgan fingerprint density at radius 3 is 2.74 bits per heavy atom. The van der Waals surface area contributed by atoms with Gasteiger partial charge in [0.05, 0.1) is 26.4 Å². The zero-order valence-corrected chi connectivity index (χ0v) is 18.6. The van der Waals surface area contributed by atoms with Gasteiger partial charge in [-0.1, -0.05) is 0 Å². The average Bonchev–Trinajstić information content (AvgIpc) is 2.79. The molecule has 1 atom stereocenters. The molecule has 2 heterocycles. The van der Waals surface area contributed by atoms with Gasteiger partial charge in [0.2, 0.25) is 10.0 Å². The topological polar surface area (TPSA) is 84.9 Å². The molecule has 0 bridgehead atoms. The first-order chi connectivity index (χ1) is 14.9. The Kier molecular flexibility index (Phi) is 6.52. The molecule has 0 aromatic heterocycles. The Morgan fingerprint density at radius 2 is 2.00 bits per heavy atom. The number of rotatable bonds is 5. The number of carbonyl (C=O) groups excluding carboxylic acids is 1. The van der Waals surface area contributed by atoms with Gasteiger partial charge in [-0.25, -0.2) is 12.8 Å². The third kappa shape index (κ3) is 4.57. The molecule has 10 heteroatoms. The second-order valence-corrected chi connectivity index (χ2v) is 10.3. The molecule has 2 aliphatic heterocycles. The third-order valence-corrected chi connectivity index (χ3v) is 8.37. The number of methoxy groups -OCH3 is 1. The van der Waals surface area contributed by atoms with Crippen molar-refractivity contribution in [3.05, 3.63) is 53.3 Å². The van der Waals surface area contributed by atoms with Crippen LogP contribution in [0.2, 0.25) is 0 Å². The Hall–Kier alpha value is -2.14. The van der Waals surface area contributed by atoms with E-state index in [1.807, 2.05) is 0 Å². The van der Waals surface area contributed by atoms with E-state index in [0.29, 0.717) is 19.6 Å². The van der Waals surface area contributed by atoms with E-state index in [1.54, 1.807) is 17.8 Å². The van der Waals surface area contributed by atoms with Crippen molar-refractivity contribution in [2.75, 3.05) is 39.2 Å². The molecule has 1 N–H and O–H groups in total. The van der Waals surface area contributed by atoms with Crippen molar-refractivity contribution in [1.29, 1.82) is 0 Å². The summed E-state index contributed by atoms with van der Waals surface area (Å²) in [5.74, 6) is 0.185. The highest BCUT2D eigenvalue weighted by Crippen LogP contribution is 2.37. The zero-order chi connectivity index (χ0) is 22.0. The molecule has 0 aliphatic carbocycles. The van der Waals surface area contributed by atoms with Crippen molar-refractivity contribution in [3.63, 3.8) is 0 Å². The van der Waals surface area contributed by atoms with Gasteiger partial charge in [-0.2, -0.15) is 4.31 Å². The van der Waals surface area contributed by atoms with Gasteiger partial charge in [0, 0.05) is 29.3 Å². The Labute approximate surface area is 185 Å². The summed E-state index contributed by atoms with van der Waals surface area (Å²) in [6.45, 7) is 1.11. The molecule has 0 unspecified atom stereocenters. The summed E-state index contributed by atoms with van der Waals surface area (Å²) in [6, 6.07) is 8.55. The fourth-order valence-corrected chi connectivity index (χ4v) is 6.40. The van der Waals surface area contributed by atoms with Crippen LogP contribution < -0.4 is 10.1 Å². The highest BCUT2D eigenvalue weighted by atomic mass is 32.2. The lowest BCUT2D eigenvalue weighted by Crippen LogP contribution is -2.40. The van der Waals surface area contributed by atoms with Gasteiger partial charge in [0.15, 0.2) is 0 Å². The smallest absolute Gasteiger partial charge is 0.251 e. The quantitative estimate of drug-likeness (QED) is 0.730. The molecule has 2 aliphatic rings. The summed E-state index contributed by atoms with van der Waals surface area (Å²) >= 11 is 1.62. The molecule has 0 spiro atoms. The van der Waals surface area contributed by atoms with E-state index in [4.69, 9.17) is 9.47 Å². The van der Waals surface area contributed by atoms with Crippen LogP contribution in [0.15, 0.2) is 46.2 Å². The molecule has 7 nitrogen and oxygen atoms in total. The first kappa shape index (κ1) is 22.1. The van der Waals surface area contributed by atoms with Crippen LogP contribution in [0, 0.1) is 5.82 Å². The number of hydrogen-bond acceptors (Lipinski definition) is 6. The average molecular weight is 467 g/mol. The van der Waals surface area contributed by atoms with E-state index in [9.17, 15) is 17.6 Å². The normalized spacial score (nSPS) is 19.5. The molecule has 0 saturated carbocycles. The van der Waals surface area contributed by atoms with Gasteiger partial charge in [0.1, 0.15) is 16.5 Å². The minimum atomic E-state index is -3.85. The first-order valence-electron chi connectivity index (χ1n) is 9.89. The molecular formula is C21H23FN2O5S2. The second kappa shape index (κ2) is 9.15. The van der Waals surface area contributed by atoms with Gasteiger partial charge < -0.3 is 14.8 Å². The lowest BCUT2D eigenvalue weighted by Gasteiger charge is -2.27. The molecule has 0 radical (unpaired) electrons. The minimum Gasteiger partial charge on any atom is -0.495 e. The Bertz CT molecular complexity index is 1090. The summed E-state index contributed by atoms with van der Waals surface area (Å²) < 4.78 is 51.9. The van der Waals surface area contributed by atoms with Gasteiger partial charge >= 0.3 is 0 Å². The summed E-state index contributed by atoms with van der Waals surface area (Å²) in [7, 11) is -2.47. The number of morpholine rings is 1. The maximum atomic E-state index is 13.8. The number of nitrogens with zero attached hydrogens (tertiary/aromatic N) is 1. The SMILES string of the molecule is COc1ccc(C(=O)N[C@H]2CCSc3ccc(F)cc32)cc1S(=O)(=O)N1CCOCC1. The van der Waals surface area contributed by atoms with Crippen molar-refractivity contribution in [2.24, 2.45) is 0 Å². The number of fused-ring (bicyclic) bond motifs is 1. The number of thioether (sulfide) groups is 1. The Balaban J connectivity index is 1.62. The van der Waals surface area contributed by atoms with Crippen molar-refractivity contribution >= 4 is 27.7 Å². The fourth-order valence-electron chi connectivity index (χ4n) is 3.70.